The monoisotopic (exact) mass is 377 g/mol. The summed E-state index contributed by atoms with van der Waals surface area (Å²) in [6, 6.07) is 7.61. The number of ether oxygens (including phenoxy) is 1. The number of halogens is 3. The first-order valence-electron chi connectivity index (χ1n) is 8.25. The van der Waals surface area contributed by atoms with Crippen LogP contribution in [0.3, 0.4) is 0 Å². The van der Waals surface area contributed by atoms with E-state index in [1.807, 2.05) is 13.1 Å². The molecule has 0 radical (unpaired) electrons. The largest absolute Gasteiger partial charge is 0.497 e. The molecule has 0 saturated heterocycles. The molecular formula is C18H18F3N5O. The molecular weight excluding hydrogens is 359 g/mol. The number of hydrogen-bond acceptors (Lipinski definition) is 5. The average Bonchev–Trinajstić information content (AvgIpc) is 3.13. The van der Waals surface area contributed by atoms with E-state index in [1.165, 1.54) is 7.11 Å². The normalized spacial score (nSPS) is 11.4. The minimum absolute atomic E-state index is 0.105. The van der Waals surface area contributed by atoms with Gasteiger partial charge in [0.05, 0.1) is 19.0 Å². The third kappa shape index (κ3) is 4.55. The van der Waals surface area contributed by atoms with E-state index < -0.39 is 11.9 Å². The van der Waals surface area contributed by atoms with Gasteiger partial charge in [-0.15, -0.1) is 0 Å². The fourth-order valence-electron chi connectivity index (χ4n) is 2.45. The van der Waals surface area contributed by atoms with Crippen molar-refractivity contribution < 1.29 is 17.9 Å². The smallest absolute Gasteiger partial charge is 0.433 e. The van der Waals surface area contributed by atoms with Gasteiger partial charge in [-0.25, -0.2) is 9.97 Å². The molecule has 2 aromatic heterocycles. The zero-order chi connectivity index (χ0) is 19.4. The van der Waals surface area contributed by atoms with Crippen LogP contribution in [0, 0.1) is 0 Å². The summed E-state index contributed by atoms with van der Waals surface area (Å²) in [4.78, 5) is 7.84. The summed E-state index contributed by atoms with van der Waals surface area (Å²) >= 11 is 0. The third-order valence-electron chi connectivity index (χ3n) is 3.84. The minimum Gasteiger partial charge on any atom is -0.497 e. The summed E-state index contributed by atoms with van der Waals surface area (Å²) < 4.78 is 46.7. The Labute approximate surface area is 154 Å². The molecule has 2 heterocycles. The second-order valence-electron chi connectivity index (χ2n) is 5.75. The lowest BCUT2D eigenvalue weighted by atomic mass is 10.1. The zero-order valence-electron chi connectivity index (χ0n) is 14.8. The van der Waals surface area contributed by atoms with Crippen LogP contribution in [0.25, 0.3) is 11.3 Å². The van der Waals surface area contributed by atoms with Gasteiger partial charge in [0.2, 0.25) is 5.95 Å². The third-order valence-corrected chi connectivity index (χ3v) is 3.84. The van der Waals surface area contributed by atoms with Crippen molar-refractivity contribution in [3.05, 3.63) is 54.0 Å². The van der Waals surface area contributed by atoms with Crippen LogP contribution in [-0.2, 0) is 19.3 Å². The first kappa shape index (κ1) is 18.7. The molecule has 6 nitrogen and oxygen atoms in total. The first-order valence-corrected chi connectivity index (χ1v) is 8.25. The summed E-state index contributed by atoms with van der Waals surface area (Å²) in [7, 11) is 1.49. The quantitative estimate of drug-likeness (QED) is 0.703. The average molecular weight is 377 g/mol. The molecule has 142 valence electrons. The highest BCUT2D eigenvalue weighted by atomic mass is 19.4. The highest BCUT2D eigenvalue weighted by Crippen LogP contribution is 2.32. The first-order chi connectivity index (χ1) is 12.9. The van der Waals surface area contributed by atoms with Gasteiger partial charge >= 0.3 is 6.18 Å². The standard InChI is InChI=1S/C18H18F3N5O/c1-3-26-11-12(10-23-26)9-22-17-24-15(8-16(25-17)18(19,20)21)13-5-4-6-14(7-13)27-2/h4-8,10-11H,3,9H2,1-2H3,(H,22,24,25). The highest BCUT2D eigenvalue weighted by molar-refractivity contribution is 5.63. The number of nitrogens with one attached hydrogen (secondary N) is 1. The van der Waals surface area contributed by atoms with Gasteiger partial charge < -0.3 is 10.1 Å². The Balaban J connectivity index is 1.92. The number of anilines is 1. The molecule has 0 amide bonds. The van der Waals surface area contributed by atoms with E-state index in [0.29, 0.717) is 17.9 Å². The number of aryl methyl sites for hydroxylation is 1. The lowest BCUT2D eigenvalue weighted by molar-refractivity contribution is -0.141. The van der Waals surface area contributed by atoms with Gasteiger partial charge in [0.1, 0.15) is 5.75 Å². The van der Waals surface area contributed by atoms with E-state index in [0.717, 1.165) is 11.6 Å². The van der Waals surface area contributed by atoms with E-state index in [-0.39, 0.29) is 18.2 Å². The number of hydrogen-bond donors (Lipinski definition) is 1. The van der Waals surface area contributed by atoms with Crippen molar-refractivity contribution in [3.63, 3.8) is 0 Å². The number of aromatic nitrogens is 4. The summed E-state index contributed by atoms with van der Waals surface area (Å²) in [6.07, 6.45) is -1.13. The molecule has 1 aromatic carbocycles. The van der Waals surface area contributed by atoms with Crippen LogP contribution in [-0.4, -0.2) is 26.9 Å². The van der Waals surface area contributed by atoms with E-state index in [2.05, 4.69) is 20.4 Å². The summed E-state index contributed by atoms with van der Waals surface area (Å²) in [5, 5.41) is 6.97. The molecule has 27 heavy (non-hydrogen) atoms. The van der Waals surface area contributed by atoms with Gasteiger partial charge in [0.15, 0.2) is 5.69 Å². The number of nitrogens with zero attached hydrogens (tertiary/aromatic N) is 4. The Bertz CT molecular complexity index is 923. The van der Waals surface area contributed by atoms with Crippen LogP contribution in [0.2, 0.25) is 0 Å². The fourth-order valence-corrected chi connectivity index (χ4v) is 2.45. The van der Waals surface area contributed by atoms with Crippen molar-refractivity contribution in [3.8, 4) is 17.0 Å². The number of alkyl halides is 3. The van der Waals surface area contributed by atoms with E-state index in [1.54, 1.807) is 35.1 Å². The van der Waals surface area contributed by atoms with Gasteiger partial charge in [-0.3, -0.25) is 4.68 Å². The second-order valence-corrected chi connectivity index (χ2v) is 5.75. The predicted molar refractivity (Wildman–Crippen MR) is 94.2 cm³/mol. The Hall–Kier alpha value is -3.10. The van der Waals surface area contributed by atoms with Gasteiger partial charge in [-0.2, -0.15) is 18.3 Å². The molecule has 0 saturated carbocycles. The van der Waals surface area contributed by atoms with Crippen LogP contribution in [0.1, 0.15) is 18.2 Å². The van der Waals surface area contributed by atoms with Crippen molar-refractivity contribution in [2.45, 2.75) is 26.2 Å². The molecule has 0 unspecified atom stereocenters. The van der Waals surface area contributed by atoms with Crippen LogP contribution >= 0.6 is 0 Å². The molecule has 0 aliphatic heterocycles. The zero-order valence-corrected chi connectivity index (χ0v) is 14.8. The van der Waals surface area contributed by atoms with Gasteiger partial charge in [-0.1, -0.05) is 12.1 Å². The molecule has 3 rings (SSSR count). The molecule has 3 aromatic rings. The molecule has 0 bridgehead atoms. The van der Waals surface area contributed by atoms with Crippen molar-refractivity contribution in [2.24, 2.45) is 0 Å². The molecule has 0 spiro atoms. The van der Waals surface area contributed by atoms with Gasteiger partial charge in [-0.05, 0) is 25.1 Å². The maximum Gasteiger partial charge on any atom is 0.433 e. The Morgan fingerprint density at radius 1 is 1.19 bits per heavy atom. The summed E-state index contributed by atoms with van der Waals surface area (Å²) in [5.41, 5.74) is 0.468. The molecule has 0 atom stereocenters. The van der Waals surface area contributed by atoms with Crippen LogP contribution < -0.4 is 10.1 Å². The van der Waals surface area contributed by atoms with E-state index in [4.69, 9.17) is 4.74 Å². The molecule has 0 aliphatic carbocycles. The number of methoxy groups -OCH3 is 1. The van der Waals surface area contributed by atoms with Crippen LogP contribution in [0.5, 0.6) is 5.75 Å². The minimum atomic E-state index is -4.58. The van der Waals surface area contributed by atoms with Gasteiger partial charge in [0.25, 0.3) is 0 Å². The summed E-state index contributed by atoms with van der Waals surface area (Å²) in [6.45, 7) is 2.92. The Morgan fingerprint density at radius 3 is 2.67 bits per heavy atom. The van der Waals surface area contributed by atoms with Crippen molar-refractivity contribution >= 4 is 5.95 Å². The van der Waals surface area contributed by atoms with Crippen molar-refractivity contribution in [2.75, 3.05) is 12.4 Å². The molecule has 1 N–H and O–H groups in total. The maximum absolute atomic E-state index is 13.3. The molecule has 9 heteroatoms. The number of benzene rings is 1. The Morgan fingerprint density at radius 2 is 2.00 bits per heavy atom. The summed E-state index contributed by atoms with van der Waals surface area (Å²) in [5.74, 6) is 0.424. The SMILES string of the molecule is CCn1cc(CNc2nc(-c3cccc(OC)c3)cc(C(F)(F)F)n2)cn1. The fraction of sp³-hybridized carbons (Fsp3) is 0.278. The topological polar surface area (TPSA) is 64.9 Å². The Kier molecular flexibility index (Phi) is 5.29. The second kappa shape index (κ2) is 7.65. The van der Waals surface area contributed by atoms with Crippen LogP contribution in [0.4, 0.5) is 19.1 Å². The number of rotatable bonds is 6. The maximum atomic E-state index is 13.3. The highest BCUT2D eigenvalue weighted by Gasteiger charge is 2.33. The lowest BCUT2D eigenvalue weighted by Gasteiger charge is -2.12. The molecule has 0 fully saturated rings. The van der Waals surface area contributed by atoms with Gasteiger partial charge in [0, 0.05) is 30.4 Å². The van der Waals surface area contributed by atoms with E-state index in [9.17, 15) is 13.2 Å². The van der Waals surface area contributed by atoms with Crippen molar-refractivity contribution in [1.82, 2.24) is 19.7 Å². The predicted octanol–water partition coefficient (Wildman–Crippen LogP) is 4.00. The van der Waals surface area contributed by atoms with Crippen molar-refractivity contribution in [1.29, 1.82) is 0 Å². The lowest BCUT2D eigenvalue weighted by Crippen LogP contribution is -2.12. The molecule has 0 aliphatic rings. The van der Waals surface area contributed by atoms with Crippen LogP contribution in [0.15, 0.2) is 42.7 Å². The van der Waals surface area contributed by atoms with E-state index >= 15 is 0 Å².